The van der Waals surface area contributed by atoms with Crippen molar-refractivity contribution < 1.29 is 14.3 Å². The Hall–Kier alpha value is -1.74. The Bertz CT molecular complexity index is 472. The van der Waals surface area contributed by atoms with Crippen LogP contribution in [0.5, 0.6) is 0 Å². The van der Waals surface area contributed by atoms with Gasteiger partial charge in [-0.15, -0.1) is 0 Å². The van der Waals surface area contributed by atoms with Gasteiger partial charge in [0.25, 0.3) is 0 Å². The van der Waals surface area contributed by atoms with Gasteiger partial charge in [0.15, 0.2) is 11.6 Å². The summed E-state index contributed by atoms with van der Waals surface area (Å²) in [5, 5.41) is 0. The van der Waals surface area contributed by atoms with Gasteiger partial charge >= 0.3 is 0 Å². The molecule has 2 rings (SSSR count). The van der Waals surface area contributed by atoms with Crippen molar-refractivity contribution in [2.45, 2.75) is 13.5 Å². The molecule has 1 aromatic rings. The summed E-state index contributed by atoms with van der Waals surface area (Å²) >= 11 is 0. The monoisotopic (exact) mass is 216 g/mol. The predicted octanol–water partition coefficient (Wildman–Crippen LogP) is 2.16. The summed E-state index contributed by atoms with van der Waals surface area (Å²) in [4.78, 5) is 23.1. The fraction of sp³-hybridized carbons (Fsp3) is 0.231. The maximum absolute atomic E-state index is 11.6. The van der Waals surface area contributed by atoms with E-state index in [-0.39, 0.29) is 11.6 Å². The third-order valence-corrected chi connectivity index (χ3v) is 2.47. The molecule has 1 aliphatic carbocycles. The second kappa shape index (κ2) is 4.41. The highest BCUT2D eigenvalue weighted by Gasteiger charge is 2.18. The highest BCUT2D eigenvalue weighted by molar-refractivity contribution is 6.22. The van der Waals surface area contributed by atoms with Crippen LogP contribution in [0.1, 0.15) is 33.2 Å². The Morgan fingerprint density at radius 2 is 1.75 bits per heavy atom. The highest BCUT2D eigenvalue weighted by atomic mass is 16.5. The standard InChI is InChI=1S/C13H12O3/c1-2-16-8-9-3-4-10-11(7-9)13(15)6-5-12(10)14/h3-7H,2,8H2,1H3. The van der Waals surface area contributed by atoms with Gasteiger partial charge in [-0.2, -0.15) is 0 Å². The number of rotatable bonds is 3. The van der Waals surface area contributed by atoms with Crippen LogP contribution in [-0.2, 0) is 11.3 Å². The van der Waals surface area contributed by atoms with Gasteiger partial charge in [0.2, 0.25) is 0 Å². The maximum Gasteiger partial charge on any atom is 0.186 e. The summed E-state index contributed by atoms with van der Waals surface area (Å²) in [7, 11) is 0. The lowest BCUT2D eigenvalue weighted by Gasteiger charge is -2.10. The van der Waals surface area contributed by atoms with E-state index in [1.807, 2.05) is 13.0 Å². The number of hydrogen-bond acceptors (Lipinski definition) is 3. The third-order valence-electron chi connectivity index (χ3n) is 2.47. The van der Waals surface area contributed by atoms with Crippen LogP contribution in [0.4, 0.5) is 0 Å². The Morgan fingerprint density at radius 3 is 2.44 bits per heavy atom. The van der Waals surface area contributed by atoms with Gasteiger partial charge < -0.3 is 4.74 Å². The number of benzene rings is 1. The summed E-state index contributed by atoms with van der Waals surface area (Å²) in [5.74, 6) is -0.231. The van der Waals surface area contributed by atoms with Gasteiger partial charge in [0, 0.05) is 17.7 Å². The van der Waals surface area contributed by atoms with Gasteiger partial charge in [-0.05, 0) is 36.8 Å². The van der Waals surface area contributed by atoms with Crippen molar-refractivity contribution in [3.8, 4) is 0 Å². The molecule has 0 aliphatic heterocycles. The fourth-order valence-corrected chi connectivity index (χ4v) is 1.65. The lowest BCUT2D eigenvalue weighted by atomic mass is 9.93. The Morgan fingerprint density at radius 1 is 1.06 bits per heavy atom. The van der Waals surface area contributed by atoms with Crippen LogP contribution in [0.3, 0.4) is 0 Å². The van der Waals surface area contributed by atoms with E-state index < -0.39 is 0 Å². The number of allylic oxidation sites excluding steroid dienone is 2. The molecule has 1 aromatic carbocycles. The summed E-state index contributed by atoms with van der Waals surface area (Å²) in [5.41, 5.74) is 1.87. The smallest absolute Gasteiger partial charge is 0.186 e. The zero-order valence-electron chi connectivity index (χ0n) is 9.03. The van der Waals surface area contributed by atoms with Crippen LogP contribution in [0, 0.1) is 0 Å². The number of ketones is 2. The van der Waals surface area contributed by atoms with E-state index in [0.717, 1.165) is 5.56 Å². The fourth-order valence-electron chi connectivity index (χ4n) is 1.65. The summed E-state index contributed by atoms with van der Waals surface area (Å²) in [6.07, 6.45) is 2.63. The van der Waals surface area contributed by atoms with Gasteiger partial charge in [-0.1, -0.05) is 6.07 Å². The van der Waals surface area contributed by atoms with Crippen molar-refractivity contribution >= 4 is 11.6 Å². The van der Waals surface area contributed by atoms with Crippen molar-refractivity contribution in [3.05, 3.63) is 47.0 Å². The van der Waals surface area contributed by atoms with Gasteiger partial charge in [0.1, 0.15) is 0 Å². The first-order valence-corrected chi connectivity index (χ1v) is 5.19. The minimum atomic E-state index is -0.118. The van der Waals surface area contributed by atoms with E-state index in [1.54, 1.807) is 12.1 Å². The van der Waals surface area contributed by atoms with E-state index in [9.17, 15) is 9.59 Å². The normalized spacial score (nSPS) is 14.1. The van der Waals surface area contributed by atoms with E-state index in [2.05, 4.69) is 0 Å². The first-order chi connectivity index (χ1) is 7.72. The first kappa shape index (κ1) is 10.8. The molecule has 0 heterocycles. The van der Waals surface area contributed by atoms with Crippen molar-refractivity contribution in [2.24, 2.45) is 0 Å². The quantitative estimate of drug-likeness (QED) is 0.777. The molecule has 0 spiro atoms. The van der Waals surface area contributed by atoms with Gasteiger partial charge in [0.05, 0.1) is 6.61 Å². The number of carbonyl (C=O) groups excluding carboxylic acids is 2. The average Bonchev–Trinajstić information content (AvgIpc) is 2.31. The molecule has 0 amide bonds. The van der Waals surface area contributed by atoms with Crippen LogP contribution >= 0.6 is 0 Å². The third kappa shape index (κ3) is 1.95. The predicted molar refractivity (Wildman–Crippen MR) is 59.6 cm³/mol. The molecule has 1 aliphatic rings. The summed E-state index contributed by atoms with van der Waals surface area (Å²) < 4.78 is 5.26. The molecule has 0 bridgehead atoms. The zero-order chi connectivity index (χ0) is 11.5. The SMILES string of the molecule is CCOCc1ccc2c(c1)C(=O)C=CC2=O. The molecular formula is C13H12O3. The van der Waals surface area contributed by atoms with Gasteiger partial charge in [-0.3, -0.25) is 9.59 Å². The number of carbonyl (C=O) groups is 2. The summed E-state index contributed by atoms with van der Waals surface area (Å²) in [6, 6.07) is 5.24. The molecule has 0 saturated heterocycles. The molecule has 3 heteroatoms. The molecular weight excluding hydrogens is 204 g/mol. The van der Waals surface area contributed by atoms with Crippen LogP contribution in [0.2, 0.25) is 0 Å². The minimum Gasteiger partial charge on any atom is -0.377 e. The van der Waals surface area contributed by atoms with E-state index >= 15 is 0 Å². The molecule has 0 radical (unpaired) electrons. The zero-order valence-corrected chi connectivity index (χ0v) is 9.03. The van der Waals surface area contributed by atoms with Crippen molar-refractivity contribution in [3.63, 3.8) is 0 Å². The molecule has 0 saturated carbocycles. The Balaban J connectivity index is 2.35. The molecule has 3 nitrogen and oxygen atoms in total. The first-order valence-electron chi connectivity index (χ1n) is 5.19. The van der Waals surface area contributed by atoms with E-state index in [0.29, 0.717) is 24.3 Å². The lowest BCUT2D eigenvalue weighted by Crippen LogP contribution is -2.12. The van der Waals surface area contributed by atoms with E-state index in [4.69, 9.17) is 4.74 Å². The average molecular weight is 216 g/mol. The lowest BCUT2D eigenvalue weighted by molar-refractivity contribution is 0.0993. The second-order valence-electron chi connectivity index (χ2n) is 3.58. The molecule has 16 heavy (non-hydrogen) atoms. The molecule has 0 unspecified atom stereocenters. The number of ether oxygens (including phenoxy) is 1. The second-order valence-corrected chi connectivity index (χ2v) is 3.58. The molecule has 0 fully saturated rings. The van der Waals surface area contributed by atoms with Gasteiger partial charge in [-0.25, -0.2) is 0 Å². The summed E-state index contributed by atoms with van der Waals surface area (Å²) in [6.45, 7) is 3.01. The topological polar surface area (TPSA) is 43.4 Å². The van der Waals surface area contributed by atoms with E-state index in [1.165, 1.54) is 12.2 Å². The van der Waals surface area contributed by atoms with Crippen molar-refractivity contribution in [1.29, 1.82) is 0 Å². The van der Waals surface area contributed by atoms with Crippen LogP contribution in [0.15, 0.2) is 30.4 Å². The molecule has 82 valence electrons. The molecule has 0 atom stereocenters. The molecule has 0 N–H and O–H groups in total. The van der Waals surface area contributed by atoms with Crippen LogP contribution < -0.4 is 0 Å². The maximum atomic E-state index is 11.6. The number of fused-ring (bicyclic) bond motifs is 1. The highest BCUT2D eigenvalue weighted by Crippen LogP contribution is 2.18. The Kier molecular flexibility index (Phi) is 2.97. The van der Waals surface area contributed by atoms with Crippen LogP contribution in [0.25, 0.3) is 0 Å². The van der Waals surface area contributed by atoms with Crippen molar-refractivity contribution in [1.82, 2.24) is 0 Å². The molecule has 0 aromatic heterocycles. The van der Waals surface area contributed by atoms with Crippen LogP contribution in [-0.4, -0.2) is 18.2 Å². The largest absolute Gasteiger partial charge is 0.377 e. The number of hydrogen-bond donors (Lipinski definition) is 0. The minimum absolute atomic E-state index is 0.113. The van der Waals surface area contributed by atoms with Crippen molar-refractivity contribution in [2.75, 3.05) is 6.61 Å². The Labute approximate surface area is 93.7 Å².